The molecular formula is C33H41Cl2N5O6. The van der Waals surface area contributed by atoms with Gasteiger partial charge in [0.05, 0.1) is 10.5 Å². The van der Waals surface area contributed by atoms with E-state index in [1.807, 2.05) is 20.8 Å². The minimum atomic E-state index is -1.52. The van der Waals surface area contributed by atoms with Crippen molar-refractivity contribution in [2.24, 2.45) is 11.8 Å². The maximum absolute atomic E-state index is 14.5. The SMILES string of the molecule is CCC(C)[C@H](NC(=O)O)C(=O)N[C@]1(C(=O)N[C@H](C(=O)NCc2ccc(O)cc2)C(C)CC)CCc2[nH]c3c(Cl)cc(Cl)cc3c2C1. The number of amides is 4. The van der Waals surface area contributed by atoms with E-state index in [4.69, 9.17) is 23.2 Å². The van der Waals surface area contributed by atoms with Gasteiger partial charge in [0.15, 0.2) is 0 Å². The molecule has 0 radical (unpaired) electrons. The second-order valence-electron chi connectivity index (χ2n) is 12.2. The van der Waals surface area contributed by atoms with E-state index in [0.717, 1.165) is 16.8 Å². The molecule has 0 spiro atoms. The summed E-state index contributed by atoms with van der Waals surface area (Å²) in [6.45, 7) is 7.55. The number of benzene rings is 2. The molecule has 5 atom stereocenters. The zero-order chi connectivity index (χ0) is 33.8. The van der Waals surface area contributed by atoms with Crippen molar-refractivity contribution in [3.8, 4) is 5.75 Å². The van der Waals surface area contributed by atoms with Crippen molar-refractivity contribution in [2.75, 3.05) is 0 Å². The molecule has 2 unspecified atom stereocenters. The van der Waals surface area contributed by atoms with Crippen molar-refractivity contribution in [1.29, 1.82) is 0 Å². The van der Waals surface area contributed by atoms with Crippen molar-refractivity contribution in [3.63, 3.8) is 0 Å². The molecule has 3 aromatic rings. The van der Waals surface area contributed by atoms with Gasteiger partial charge < -0.3 is 36.5 Å². The first-order valence-electron chi connectivity index (χ1n) is 15.4. The van der Waals surface area contributed by atoms with Gasteiger partial charge in [0.25, 0.3) is 0 Å². The number of carbonyl (C=O) groups excluding carboxylic acids is 3. The van der Waals surface area contributed by atoms with Crippen LogP contribution in [-0.2, 0) is 33.8 Å². The molecule has 1 aliphatic rings. The molecule has 248 valence electrons. The van der Waals surface area contributed by atoms with E-state index in [1.165, 1.54) is 12.1 Å². The number of aromatic amines is 1. The molecule has 0 bridgehead atoms. The summed E-state index contributed by atoms with van der Waals surface area (Å²) < 4.78 is 0. The quantitative estimate of drug-likeness (QED) is 0.142. The highest BCUT2D eigenvalue weighted by molar-refractivity contribution is 6.38. The second-order valence-corrected chi connectivity index (χ2v) is 13.0. The monoisotopic (exact) mass is 673 g/mol. The van der Waals surface area contributed by atoms with Gasteiger partial charge in [-0.3, -0.25) is 14.4 Å². The molecule has 13 heteroatoms. The standard InChI is InChI=1S/C33H41Cl2N5O6/c1-5-17(3)26(29(42)36-16-19-7-9-21(41)10-8-19)38-31(44)33(40-30(43)27(18(4)6-2)39-32(45)46)12-11-25-23(15-33)22-13-20(34)14-24(35)28(22)37-25/h7-10,13-14,17-18,26-27,37,39,41H,5-6,11-12,15-16H2,1-4H3,(H,36,42)(H,38,44)(H,40,43)(H,45,46)/t17?,18?,26-,27-,33+/m0/s1. The Hall–Kier alpha value is -3.96. The van der Waals surface area contributed by atoms with Crippen LogP contribution >= 0.6 is 23.2 Å². The third kappa shape index (κ3) is 7.70. The zero-order valence-corrected chi connectivity index (χ0v) is 27.8. The Labute approximate surface area is 277 Å². The Morgan fingerprint density at radius 1 is 0.957 bits per heavy atom. The molecule has 0 saturated heterocycles. The van der Waals surface area contributed by atoms with Crippen LogP contribution in [0, 0.1) is 11.8 Å². The molecule has 46 heavy (non-hydrogen) atoms. The van der Waals surface area contributed by atoms with Crippen LogP contribution in [0.15, 0.2) is 36.4 Å². The normalized spacial score (nSPS) is 18.5. The first kappa shape index (κ1) is 34.9. The summed E-state index contributed by atoms with van der Waals surface area (Å²) in [6, 6.07) is 7.76. The Bertz CT molecular complexity index is 1610. The number of halogens is 2. The lowest BCUT2D eigenvalue weighted by molar-refractivity contribution is -0.138. The number of aryl methyl sites for hydroxylation is 1. The second kappa shape index (κ2) is 14.6. The predicted octanol–water partition coefficient (Wildman–Crippen LogP) is 5.05. The van der Waals surface area contributed by atoms with Crippen LogP contribution in [0.4, 0.5) is 4.79 Å². The number of carboxylic acid groups (broad SMARTS) is 1. The fourth-order valence-electron chi connectivity index (χ4n) is 5.87. The van der Waals surface area contributed by atoms with Crippen molar-refractivity contribution in [1.82, 2.24) is 26.3 Å². The largest absolute Gasteiger partial charge is 0.508 e. The third-order valence-corrected chi connectivity index (χ3v) is 9.57. The molecular weight excluding hydrogens is 633 g/mol. The maximum atomic E-state index is 14.5. The Morgan fingerprint density at radius 3 is 2.20 bits per heavy atom. The number of aromatic nitrogens is 1. The first-order chi connectivity index (χ1) is 21.8. The van der Waals surface area contributed by atoms with Gasteiger partial charge in [0, 0.05) is 29.1 Å². The van der Waals surface area contributed by atoms with E-state index in [9.17, 15) is 29.4 Å². The van der Waals surface area contributed by atoms with Crippen LogP contribution in [0.5, 0.6) is 5.75 Å². The molecule has 0 fully saturated rings. The van der Waals surface area contributed by atoms with Crippen molar-refractivity contribution >= 4 is 57.9 Å². The Kier molecular flexibility index (Phi) is 11.1. The summed E-state index contributed by atoms with van der Waals surface area (Å²) >= 11 is 12.8. The predicted molar refractivity (Wildman–Crippen MR) is 177 cm³/mol. The van der Waals surface area contributed by atoms with Crippen LogP contribution in [0.1, 0.15) is 63.8 Å². The molecule has 1 aliphatic carbocycles. The average molecular weight is 675 g/mol. The topological polar surface area (TPSA) is 173 Å². The van der Waals surface area contributed by atoms with Crippen LogP contribution in [0.2, 0.25) is 10.0 Å². The van der Waals surface area contributed by atoms with Gasteiger partial charge in [0.2, 0.25) is 17.7 Å². The van der Waals surface area contributed by atoms with Gasteiger partial charge in [-0.25, -0.2) is 4.79 Å². The van der Waals surface area contributed by atoms with E-state index in [0.29, 0.717) is 40.2 Å². The minimum Gasteiger partial charge on any atom is -0.508 e. The van der Waals surface area contributed by atoms with E-state index >= 15 is 0 Å². The summed E-state index contributed by atoms with van der Waals surface area (Å²) in [5, 5.41) is 31.7. The van der Waals surface area contributed by atoms with Crippen molar-refractivity contribution < 1.29 is 29.4 Å². The van der Waals surface area contributed by atoms with Gasteiger partial charge in [-0.15, -0.1) is 0 Å². The molecule has 1 aromatic heterocycles. The molecule has 4 amide bonds. The summed E-state index contributed by atoms with van der Waals surface area (Å²) in [4.78, 5) is 56.8. The molecule has 7 N–H and O–H groups in total. The average Bonchev–Trinajstić information content (AvgIpc) is 3.38. The Morgan fingerprint density at radius 2 is 1.59 bits per heavy atom. The smallest absolute Gasteiger partial charge is 0.405 e. The van der Waals surface area contributed by atoms with Crippen LogP contribution in [0.3, 0.4) is 0 Å². The summed E-state index contributed by atoms with van der Waals surface area (Å²) in [5.74, 6) is -2.11. The van der Waals surface area contributed by atoms with E-state index in [-0.39, 0.29) is 37.0 Å². The van der Waals surface area contributed by atoms with Crippen LogP contribution in [0.25, 0.3) is 10.9 Å². The number of hydrogen-bond acceptors (Lipinski definition) is 5. The highest BCUT2D eigenvalue weighted by Crippen LogP contribution is 2.38. The lowest BCUT2D eigenvalue weighted by Gasteiger charge is -2.39. The van der Waals surface area contributed by atoms with Gasteiger partial charge in [-0.2, -0.15) is 0 Å². The summed E-state index contributed by atoms with van der Waals surface area (Å²) in [5.41, 5.74) is 1.51. The molecule has 0 aliphatic heterocycles. The number of rotatable bonds is 12. The van der Waals surface area contributed by atoms with Gasteiger partial charge in [0.1, 0.15) is 23.4 Å². The Balaban J connectivity index is 1.69. The number of aromatic hydroxyl groups is 1. The highest BCUT2D eigenvalue weighted by Gasteiger charge is 2.47. The maximum Gasteiger partial charge on any atom is 0.405 e. The lowest BCUT2D eigenvalue weighted by atomic mass is 9.78. The molecule has 11 nitrogen and oxygen atoms in total. The summed E-state index contributed by atoms with van der Waals surface area (Å²) in [7, 11) is 0. The van der Waals surface area contributed by atoms with Gasteiger partial charge >= 0.3 is 6.09 Å². The fourth-order valence-corrected chi connectivity index (χ4v) is 6.41. The number of nitrogens with one attached hydrogen (secondary N) is 5. The number of phenolic OH excluding ortho intramolecular Hbond substituents is 1. The number of fused-ring (bicyclic) bond motifs is 3. The molecule has 2 aromatic carbocycles. The van der Waals surface area contributed by atoms with Gasteiger partial charge in [-0.05, 0) is 60.1 Å². The number of hydrogen-bond donors (Lipinski definition) is 7. The molecule has 4 rings (SSSR count). The van der Waals surface area contributed by atoms with Crippen LogP contribution in [-0.4, -0.2) is 56.6 Å². The minimum absolute atomic E-state index is 0.0548. The number of phenols is 1. The van der Waals surface area contributed by atoms with Crippen molar-refractivity contribution in [2.45, 2.75) is 84.0 Å². The van der Waals surface area contributed by atoms with Gasteiger partial charge in [-0.1, -0.05) is 75.9 Å². The number of H-pyrrole nitrogens is 1. The van der Waals surface area contributed by atoms with Crippen LogP contribution < -0.4 is 21.3 Å². The van der Waals surface area contributed by atoms with E-state index < -0.39 is 41.4 Å². The van der Waals surface area contributed by atoms with E-state index in [2.05, 4.69) is 26.3 Å². The van der Waals surface area contributed by atoms with E-state index in [1.54, 1.807) is 31.2 Å². The fraction of sp³-hybridized carbons (Fsp3) is 0.455. The number of carbonyl (C=O) groups is 4. The third-order valence-electron chi connectivity index (χ3n) is 9.06. The highest BCUT2D eigenvalue weighted by atomic mass is 35.5. The zero-order valence-electron chi connectivity index (χ0n) is 26.3. The molecule has 1 heterocycles. The lowest BCUT2D eigenvalue weighted by Crippen LogP contribution is -2.67. The molecule has 0 saturated carbocycles. The summed E-state index contributed by atoms with van der Waals surface area (Å²) in [6.07, 6.45) is 0.343. The van der Waals surface area contributed by atoms with Crippen molar-refractivity contribution in [3.05, 3.63) is 63.3 Å². The first-order valence-corrected chi connectivity index (χ1v) is 16.2.